The quantitative estimate of drug-likeness (QED) is 0.657. The molecule has 2 aliphatic rings. The van der Waals surface area contributed by atoms with Crippen LogP contribution in [0.1, 0.15) is 36.1 Å². The third kappa shape index (κ3) is 4.33. The molecule has 0 unspecified atom stereocenters. The second kappa shape index (κ2) is 8.92. The van der Waals surface area contributed by atoms with Crippen LogP contribution in [0.25, 0.3) is 6.08 Å². The molecular formula is C25H29NO5. The molecular weight excluding hydrogens is 394 g/mol. The van der Waals surface area contributed by atoms with E-state index in [-0.39, 0.29) is 12.0 Å². The average molecular weight is 424 g/mol. The monoisotopic (exact) mass is 423 g/mol. The van der Waals surface area contributed by atoms with Crippen molar-refractivity contribution in [1.82, 2.24) is 4.90 Å². The number of benzene rings is 2. The number of methoxy groups -OCH3 is 2. The number of fused-ring (bicyclic) bond motifs is 2. The lowest BCUT2D eigenvalue weighted by molar-refractivity contribution is -0.126. The normalized spacial score (nSPS) is 17.2. The molecule has 2 heterocycles. The van der Waals surface area contributed by atoms with E-state index in [0.29, 0.717) is 25.4 Å². The molecule has 2 aromatic rings. The standard InChI is InChI=1S/C25H29NO5/c1-5-30-21-13-19-10-16(2)31-22(19)12-18(21)6-7-25(27)26-9-8-17-11-23(28-3)24(29-4)14-20(17)15-26/h6-7,11-14,16H,5,8-10,15H2,1-4H3/b7-6+/t16-/m1/s1. The van der Waals surface area contributed by atoms with Gasteiger partial charge in [0.05, 0.1) is 20.8 Å². The predicted molar refractivity (Wildman–Crippen MR) is 119 cm³/mol. The molecule has 2 aromatic carbocycles. The summed E-state index contributed by atoms with van der Waals surface area (Å²) in [5.74, 6) is 3.02. The van der Waals surface area contributed by atoms with Gasteiger partial charge in [0.1, 0.15) is 17.6 Å². The van der Waals surface area contributed by atoms with Crippen molar-refractivity contribution in [2.24, 2.45) is 0 Å². The van der Waals surface area contributed by atoms with Crippen LogP contribution in [-0.4, -0.2) is 44.3 Å². The summed E-state index contributed by atoms with van der Waals surface area (Å²) in [7, 11) is 3.25. The molecule has 0 saturated heterocycles. The van der Waals surface area contributed by atoms with E-state index >= 15 is 0 Å². The van der Waals surface area contributed by atoms with Gasteiger partial charge in [-0.25, -0.2) is 0 Å². The van der Waals surface area contributed by atoms with E-state index in [1.807, 2.05) is 42.2 Å². The molecule has 0 N–H and O–H groups in total. The van der Waals surface area contributed by atoms with E-state index < -0.39 is 0 Å². The summed E-state index contributed by atoms with van der Waals surface area (Å²) in [5.41, 5.74) is 4.28. The molecule has 6 nitrogen and oxygen atoms in total. The van der Waals surface area contributed by atoms with Crippen LogP contribution in [0, 0.1) is 0 Å². The van der Waals surface area contributed by atoms with Gasteiger partial charge in [-0.1, -0.05) is 0 Å². The summed E-state index contributed by atoms with van der Waals surface area (Å²) >= 11 is 0. The molecule has 1 amide bonds. The minimum absolute atomic E-state index is 0.0299. The number of ether oxygens (including phenoxy) is 4. The van der Waals surface area contributed by atoms with Crippen molar-refractivity contribution in [3.8, 4) is 23.0 Å². The van der Waals surface area contributed by atoms with E-state index in [0.717, 1.165) is 46.8 Å². The van der Waals surface area contributed by atoms with Crippen molar-refractivity contribution >= 4 is 12.0 Å². The number of hydrogen-bond donors (Lipinski definition) is 0. The van der Waals surface area contributed by atoms with Gasteiger partial charge in [-0.05, 0) is 61.7 Å². The van der Waals surface area contributed by atoms with Gasteiger partial charge in [0, 0.05) is 36.7 Å². The minimum Gasteiger partial charge on any atom is -0.493 e. The number of carbonyl (C=O) groups excluding carboxylic acids is 1. The zero-order valence-electron chi connectivity index (χ0n) is 18.6. The van der Waals surface area contributed by atoms with Gasteiger partial charge < -0.3 is 23.8 Å². The first-order chi connectivity index (χ1) is 15.0. The van der Waals surface area contributed by atoms with Crippen LogP contribution in [0.3, 0.4) is 0 Å². The van der Waals surface area contributed by atoms with Crippen molar-refractivity contribution < 1.29 is 23.7 Å². The maximum absolute atomic E-state index is 12.9. The molecule has 164 valence electrons. The lowest BCUT2D eigenvalue weighted by Crippen LogP contribution is -2.34. The summed E-state index contributed by atoms with van der Waals surface area (Å²) in [4.78, 5) is 14.8. The van der Waals surface area contributed by atoms with Crippen LogP contribution < -0.4 is 18.9 Å². The van der Waals surface area contributed by atoms with Crippen molar-refractivity contribution in [2.45, 2.75) is 39.3 Å². The number of hydrogen-bond acceptors (Lipinski definition) is 5. The van der Waals surface area contributed by atoms with Gasteiger partial charge in [-0.15, -0.1) is 0 Å². The van der Waals surface area contributed by atoms with Crippen LogP contribution in [0.5, 0.6) is 23.0 Å². The van der Waals surface area contributed by atoms with E-state index in [1.165, 1.54) is 5.56 Å². The second-order valence-electron chi connectivity index (χ2n) is 7.88. The Kier molecular flexibility index (Phi) is 6.07. The molecule has 2 aliphatic heterocycles. The molecule has 0 saturated carbocycles. The highest BCUT2D eigenvalue weighted by Crippen LogP contribution is 2.36. The van der Waals surface area contributed by atoms with E-state index in [4.69, 9.17) is 18.9 Å². The van der Waals surface area contributed by atoms with Crippen molar-refractivity contribution in [3.05, 3.63) is 52.6 Å². The zero-order valence-corrected chi connectivity index (χ0v) is 18.6. The molecule has 0 fully saturated rings. The maximum atomic E-state index is 12.9. The Hall–Kier alpha value is -3.15. The molecule has 0 aromatic heterocycles. The van der Waals surface area contributed by atoms with Gasteiger partial charge >= 0.3 is 0 Å². The molecule has 0 bridgehead atoms. The number of carbonyl (C=O) groups is 1. The first-order valence-corrected chi connectivity index (χ1v) is 10.7. The summed E-state index contributed by atoms with van der Waals surface area (Å²) in [6.45, 7) is 5.78. The average Bonchev–Trinajstić information content (AvgIpc) is 3.14. The lowest BCUT2D eigenvalue weighted by atomic mass is 9.98. The smallest absolute Gasteiger partial charge is 0.246 e. The Labute approximate surface area is 183 Å². The van der Waals surface area contributed by atoms with E-state index in [1.54, 1.807) is 20.3 Å². The number of nitrogens with zero attached hydrogens (tertiary/aromatic N) is 1. The fraction of sp³-hybridized carbons (Fsp3) is 0.400. The fourth-order valence-electron chi connectivity index (χ4n) is 4.20. The third-order valence-electron chi connectivity index (χ3n) is 5.76. The molecule has 6 heteroatoms. The van der Waals surface area contributed by atoms with Crippen LogP contribution in [0.2, 0.25) is 0 Å². The number of rotatable bonds is 6. The van der Waals surface area contributed by atoms with E-state index in [9.17, 15) is 4.79 Å². The van der Waals surface area contributed by atoms with E-state index in [2.05, 4.69) is 6.92 Å². The highest BCUT2D eigenvalue weighted by Gasteiger charge is 2.23. The van der Waals surface area contributed by atoms with Gasteiger partial charge in [0.25, 0.3) is 0 Å². The van der Waals surface area contributed by atoms with Crippen molar-refractivity contribution in [3.63, 3.8) is 0 Å². The van der Waals surface area contributed by atoms with Crippen LogP contribution in [0.4, 0.5) is 0 Å². The summed E-state index contributed by atoms with van der Waals surface area (Å²) in [6, 6.07) is 7.97. The largest absolute Gasteiger partial charge is 0.493 e. The highest BCUT2D eigenvalue weighted by molar-refractivity contribution is 5.92. The summed E-state index contributed by atoms with van der Waals surface area (Å²) in [6.07, 6.45) is 5.26. The first kappa shape index (κ1) is 21.1. The second-order valence-corrected chi connectivity index (χ2v) is 7.88. The molecule has 0 aliphatic carbocycles. The summed E-state index contributed by atoms with van der Waals surface area (Å²) < 4.78 is 22.5. The van der Waals surface area contributed by atoms with Gasteiger partial charge in [0.15, 0.2) is 11.5 Å². The third-order valence-corrected chi connectivity index (χ3v) is 5.76. The van der Waals surface area contributed by atoms with Gasteiger partial charge in [-0.3, -0.25) is 4.79 Å². The Morgan fingerprint density at radius 1 is 1.10 bits per heavy atom. The molecule has 4 rings (SSSR count). The zero-order chi connectivity index (χ0) is 22.0. The van der Waals surface area contributed by atoms with Gasteiger partial charge in [0.2, 0.25) is 5.91 Å². The lowest BCUT2D eigenvalue weighted by Gasteiger charge is -2.28. The summed E-state index contributed by atoms with van der Waals surface area (Å²) in [5, 5.41) is 0. The Bertz CT molecular complexity index is 1010. The molecule has 0 radical (unpaired) electrons. The van der Waals surface area contributed by atoms with Crippen LogP contribution in [0.15, 0.2) is 30.3 Å². The van der Waals surface area contributed by atoms with Crippen molar-refractivity contribution in [1.29, 1.82) is 0 Å². The van der Waals surface area contributed by atoms with Gasteiger partial charge in [-0.2, -0.15) is 0 Å². The molecule has 0 spiro atoms. The Morgan fingerprint density at radius 3 is 2.52 bits per heavy atom. The Balaban J connectivity index is 1.52. The first-order valence-electron chi connectivity index (χ1n) is 10.7. The molecule has 1 atom stereocenters. The highest BCUT2D eigenvalue weighted by atomic mass is 16.5. The van der Waals surface area contributed by atoms with Crippen molar-refractivity contribution in [2.75, 3.05) is 27.4 Å². The number of amides is 1. The SMILES string of the molecule is CCOc1cc2c(cc1/C=C/C(=O)N1CCc3cc(OC)c(OC)cc3C1)O[C@H](C)C2. The van der Waals surface area contributed by atoms with Crippen LogP contribution in [-0.2, 0) is 24.2 Å². The Morgan fingerprint density at radius 2 is 1.81 bits per heavy atom. The molecule has 31 heavy (non-hydrogen) atoms. The van der Waals surface area contributed by atoms with Crippen LogP contribution >= 0.6 is 0 Å². The fourth-order valence-corrected chi connectivity index (χ4v) is 4.20. The maximum Gasteiger partial charge on any atom is 0.246 e. The minimum atomic E-state index is -0.0299. The predicted octanol–water partition coefficient (Wildman–Crippen LogP) is 4.02. The topological polar surface area (TPSA) is 57.2 Å².